The summed E-state index contributed by atoms with van der Waals surface area (Å²) in [6.07, 6.45) is -0.0793. The second-order valence-corrected chi connectivity index (χ2v) is 7.16. The smallest absolute Gasteiger partial charge is 0.293 e. The number of thioether (sulfide) groups is 1. The van der Waals surface area contributed by atoms with Crippen LogP contribution in [0.1, 0.15) is 12.0 Å². The summed E-state index contributed by atoms with van der Waals surface area (Å²) in [5.41, 5.74) is 1.98. The molecule has 5 nitrogen and oxygen atoms in total. The van der Waals surface area contributed by atoms with Gasteiger partial charge in [-0.25, -0.2) is 4.90 Å². The SMILES string of the molecule is Cc1ccc(NC(=O)CC2SC(=O)N(c3ccccc3)C2=O)cc1Cl. The number of anilines is 2. The Morgan fingerprint density at radius 2 is 1.92 bits per heavy atom. The zero-order valence-corrected chi connectivity index (χ0v) is 14.9. The molecular formula is C18H15ClN2O3S. The maximum absolute atomic E-state index is 12.5. The van der Waals surface area contributed by atoms with Gasteiger partial charge in [-0.1, -0.05) is 35.9 Å². The Bertz CT molecular complexity index is 841. The van der Waals surface area contributed by atoms with Gasteiger partial charge < -0.3 is 5.32 Å². The van der Waals surface area contributed by atoms with Crippen LogP contribution in [0, 0.1) is 6.92 Å². The molecule has 0 radical (unpaired) electrons. The fourth-order valence-electron chi connectivity index (χ4n) is 2.45. The highest BCUT2D eigenvalue weighted by molar-refractivity contribution is 8.15. The maximum atomic E-state index is 12.5. The van der Waals surface area contributed by atoms with Crippen molar-refractivity contribution >= 4 is 51.8 Å². The van der Waals surface area contributed by atoms with Crippen molar-refractivity contribution in [2.45, 2.75) is 18.6 Å². The number of hydrogen-bond donors (Lipinski definition) is 1. The Hall–Kier alpha value is -2.31. The van der Waals surface area contributed by atoms with Crippen LogP contribution in [0.25, 0.3) is 0 Å². The number of rotatable bonds is 4. The first-order valence-electron chi connectivity index (χ1n) is 7.61. The summed E-state index contributed by atoms with van der Waals surface area (Å²) < 4.78 is 0. The maximum Gasteiger partial charge on any atom is 0.293 e. The number of hydrogen-bond acceptors (Lipinski definition) is 4. The van der Waals surface area contributed by atoms with Crippen molar-refractivity contribution in [2.75, 3.05) is 10.2 Å². The highest BCUT2D eigenvalue weighted by Gasteiger charge is 2.41. The lowest BCUT2D eigenvalue weighted by Gasteiger charge is -2.13. The summed E-state index contributed by atoms with van der Waals surface area (Å²) in [6, 6.07) is 13.9. The lowest BCUT2D eigenvalue weighted by atomic mass is 10.2. The van der Waals surface area contributed by atoms with E-state index in [1.54, 1.807) is 48.5 Å². The van der Waals surface area contributed by atoms with Crippen molar-refractivity contribution in [3.63, 3.8) is 0 Å². The first-order chi connectivity index (χ1) is 12.0. The minimum Gasteiger partial charge on any atom is -0.326 e. The molecule has 1 aliphatic rings. The number of benzene rings is 2. The quantitative estimate of drug-likeness (QED) is 0.868. The number of carbonyl (C=O) groups excluding carboxylic acids is 3. The van der Waals surface area contributed by atoms with Gasteiger partial charge in [-0.05, 0) is 48.5 Å². The molecule has 1 aliphatic heterocycles. The summed E-state index contributed by atoms with van der Waals surface area (Å²) in [5.74, 6) is -0.716. The van der Waals surface area contributed by atoms with E-state index < -0.39 is 5.25 Å². The second kappa shape index (κ2) is 7.29. The van der Waals surface area contributed by atoms with Crippen molar-refractivity contribution in [3.05, 3.63) is 59.1 Å². The third-order valence-corrected chi connectivity index (χ3v) is 5.21. The molecule has 128 valence electrons. The Morgan fingerprint density at radius 1 is 1.20 bits per heavy atom. The molecule has 2 aromatic carbocycles. The molecule has 25 heavy (non-hydrogen) atoms. The molecule has 0 bridgehead atoms. The molecule has 0 aromatic heterocycles. The van der Waals surface area contributed by atoms with E-state index in [1.807, 2.05) is 6.92 Å². The van der Waals surface area contributed by atoms with Crippen molar-refractivity contribution in [1.82, 2.24) is 0 Å². The van der Waals surface area contributed by atoms with E-state index in [4.69, 9.17) is 11.6 Å². The summed E-state index contributed by atoms with van der Waals surface area (Å²) in [7, 11) is 0. The molecular weight excluding hydrogens is 360 g/mol. The molecule has 1 heterocycles. The zero-order chi connectivity index (χ0) is 18.0. The predicted octanol–water partition coefficient (Wildman–Crippen LogP) is 4.25. The molecule has 1 saturated heterocycles. The first kappa shape index (κ1) is 17.5. The third-order valence-electron chi connectivity index (χ3n) is 3.76. The summed E-state index contributed by atoms with van der Waals surface area (Å²) in [5, 5.41) is 2.16. The number of aryl methyl sites for hydroxylation is 1. The van der Waals surface area contributed by atoms with E-state index in [-0.39, 0.29) is 23.5 Å². The summed E-state index contributed by atoms with van der Waals surface area (Å²) in [6.45, 7) is 1.87. The third kappa shape index (κ3) is 3.86. The minimum atomic E-state index is -0.728. The van der Waals surface area contributed by atoms with E-state index in [0.29, 0.717) is 16.4 Å². The van der Waals surface area contributed by atoms with Crippen LogP contribution in [0.15, 0.2) is 48.5 Å². The van der Waals surface area contributed by atoms with Gasteiger partial charge in [0.1, 0.15) is 5.25 Å². The average Bonchev–Trinajstić information content (AvgIpc) is 2.85. The van der Waals surface area contributed by atoms with Gasteiger partial charge in [-0.2, -0.15) is 0 Å². The van der Waals surface area contributed by atoms with E-state index in [9.17, 15) is 14.4 Å². The van der Waals surface area contributed by atoms with Gasteiger partial charge in [0.05, 0.1) is 5.69 Å². The molecule has 1 unspecified atom stereocenters. The average molecular weight is 375 g/mol. The Labute approximate surface area is 154 Å². The van der Waals surface area contributed by atoms with Gasteiger partial charge in [0, 0.05) is 17.1 Å². The number of imide groups is 1. The second-order valence-electron chi connectivity index (χ2n) is 5.60. The molecule has 7 heteroatoms. The van der Waals surface area contributed by atoms with E-state index >= 15 is 0 Å². The molecule has 2 aromatic rings. The Balaban J connectivity index is 1.67. The highest BCUT2D eigenvalue weighted by atomic mass is 35.5. The minimum absolute atomic E-state index is 0.0793. The van der Waals surface area contributed by atoms with Crippen molar-refractivity contribution in [1.29, 1.82) is 0 Å². The largest absolute Gasteiger partial charge is 0.326 e. The number of nitrogens with one attached hydrogen (secondary N) is 1. The molecule has 0 spiro atoms. The monoisotopic (exact) mass is 374 g/mol. The molecule has 1 atom stereocenters. The predicted molar refractivity (Wildman–Crippen MR) is 100 cm³/mol. The van der Waals surface area contributed by atoms with E-state index in [0.717, 1.165) is 22.2 Å². The topological polar surface area (TPSA) is 66.5 Å². The fourth-order valence-corrected chi connectivity index (χ4v) is 3.61. The summed E-state index contributed by atoms with van der Waals surface area (Å²) in [4.78, 5) is 37.9. The molecule has 3 amide bonds. The van der Waals surface area contributed by atoms with Gasteiger partial charge in [0.25, 0.3) is 5.24 Å². The van der Waals surface area contributed by atoms with Crippen LogP contribution < -0.4 is 10.2 Å². The first-order valence-corrected chi connectivity index (χ1v) is 8.87. The molecule has 1 N–H and O–H groups in total. The zero-order valence-electron chi connectivity index (χ0n) is 13.4. The van der Waals surface area contributed by atoms with Crippen molar-refractivity contribution < 1.29 is 14.4 Å². The van der Waals surface area contributed by atoms with Gasteiger partial charge >= 0.3 is 0 Å². The molecule has 0 saturated carbocycles. The van der Waals surface area contributed by atoms with Crippen molar-refractivity contribution in [3.8, 4) is 0 Å². The van der Waals surface area contributed by atoms with E-state index in [1.165, 1.54) is 0 Å². The van der Waals surface area contributed by atoms with Crippen LogP contribution in [-0.4, -0.2) is 22.3 Å². The fraction of sp³-hybridized carbons (Fsp3) is 0.167. The lowest BCUT2D eigenvalue weighted by Crippen LogP contribution is -2.32. The van der Waals surface area contributed by atoms with Gasteiger partial charge in [0.15, 0.2) is 0 Å². The molecule has 0 aliphatic carbocycles. The lowest BCUT2D eigenvalue weighted by molar-refractivity contribution is -0.121. The van der Waals surface area contributed by atoms with Gasteiger partial charge in [-0.3, -0.25) is 14.4 Å². The van der Waals surface area contributed by atoms with Crippen LogP contribution >= 0.6 is 23.4 Å². The number of carbonyl (C=O) groups is 3. The number of nitrogens with zero attached hydrogens (tertiary/aromatic N) is 1. The summed E-state index contributed by atoms with van der Waals surface area (Å²) >= 11 is 6.91. The van der Waals surface area contributed by atoms with Crippen LogP contribution in [0.2, 0.25) is 5.02 Å². The highest BCUT2D eigenvalue weighted by Crippen LogP contribution is 2.33. The number of amides is 3. The normalized spacial score (nSPS) is 17.0. The van der Waals surface area contributed by atoms with Crippen LogP contribution in [-0.2, 0) is 9.59 Å². The molecule has 3 rings (SSSR count). The van der Waals surface area contributed by atoms with Crippen LogP contribution in [0.3, 0.4) is 0 Å². The van der Waals surface area contributed by atoms with E-state index in [2.05, 4.69) is 5.32 Å². The number of halogens is 1. The van der Waals surface area contributed by atoms with Crippen LogP contribution in [0.5, 0.6) is 0 Å². The molecule has 1 fully saturated rings. The Morgan fingerprint density at radius 3 is 2.60 bits per heavy atom. The van der Waals surface area contributed by atoms with Crippen molar-refractivity contribution in [2.24, 2.45) is 0 Å². The standard InChI is InChI=1S/C18H15ClN2O3S/c1-11-7-8-12(9-14(11)19)20-16(22)10-15-17(23)21(18(24)25-15)13-5-3-2-4-6-13/h2-9,15H,10H2,1H3,(H,20,22). The van der Waals surface area contributed by atoms with Crippen LogP contribution in [0.4, 0.5) is 16.2 Å². The number of para-hydroxylation sites is 1. The van der Waals surface area contributed by atoms with Gasteiger partial charge in [0.2, 0.25) is 11.8 Å². The Kier molecular flexibility index (Phi) is 5.11. The van der Waals surface area contributed by atoms with Gasteiger partial charge in [-0.15, -0.1) is 0 Å².